The van der Waals surface area contributed by atoms with Crippen molar-refractivity contribution in [2.45, 2.75) is 38.6 Å². The van der Waals surface area contributed by atoms with Crippen molar-refractivity contribution in [2.75, 3.05) is 43.0 Å². The van der Waals surface area contributed by atoms with E-state index in [9.17, 15) is 24.3 Å². The van der Waals surface area contributed by atoms with Crippen LogP contribution in [0.4, 0.5) is 21.6 Å². The monoisotopic (exact) mass is 615 g/mol. The lowest BCUT2D eigenvalue weighted by Gasteiger charge is -2.33. The van der Waals surface area contributed by atoms with Crippen LogP contribution in [-0.2, 0) is 9.53 Å². The summed E-state index contributed by atoms with van der Waals surface area (Å²) in [5.41, 5.74) is 1.75. The molecule has 0 aromatic carbocycles. The fourth-order valence-corrected chi connectivity index (χ4v) is 4.77. The molecule has 234 valence electrons. The zero-order valence-electron chi connectivity index (χ0n) is 25.1. The maximum absolute atomic E-state index is 14.4. The molecule has 4 aromatic rings. The van der Waals surface area contributed by atoms with Crippen molar-refractivity contribution in [3.05, 3.63) is 66.1 Å². The number of rotatable bonds is 10. The van der Waals surface area contributed by atoms with Crippen molar-refractivity contribution in [1.29, 1.82) is 5.26 Å². The number of ether oxygens (including phenoxy) is 1. The zero-order valence-corrected chi connectivity index (χ0v) is 25.1. The van der Waals surface area contributed by atoms with E-state index in [0.29, 0.717) is 60.1 Å². The number of anilines is 3. The maximum Gasteiger partial charge on any atom is 0.255 e. The Morgan fingerprint density at radius 3 is 2.71 bits per heavy atom. The third-order valence-corrected chi connectivity index (χ3v) is 7.32. The second-order valence-corrected chi connectivity index (χ2v) is 11.3. The molecule has 0 saturated carbocycles. The molecule has 1 aliphatic heterocycles. The Hall–Kier alpha value is -5.13. The summed E-state index contributed by atoms with van der Waals surface area (Å²) < 4.78 is 21.8. The summed E-state index contributed by atoms with van der Waals surface area (Å²) in [5.74, 6) is 0.0318. The first-order chi connectivity index (χ1) is 21.5. The molecular weight excluding hydrogens is 581 g/mol. The number of nitriles is 1. The standard InChI is InChI=1S/C31H34FN9O4/c1-19(42)34-15-23-18-40(8-9-45-23)29-7-4-21(14-36-29)39-25-11-26(27-6-5-22-10-20(12-33)13-38-41(22)27)35-16-24(25)30(43)37-17-28(32)31(2,3)44/h4-7,10-11,13-14,16,23,28,44H,8-9,15,17-18H2,1-3H3,(H,34,42)(H,35,39)(H,37,43). The van der Waals surface area contributed by atoms with Crippen LogP contribution in [0.2, 0.25) is 0 Å². The van der Waals surface area contributed by atoms with Crippen LogP contribution >= 0.6 is 0 Å². The Labute approximate surface area is 259 Å². The van der Waals surface area contributed by atoms with Crippen molar-refractivity contribution < 1.29 is 23.8 Å². The predicted octanol–water partition coefficient (Wildman–Crippen LogP) is 2.59. The van der Waals surface area contributed by atoms with Gasteiger partial charge in [0, 0.05) is 32.8 Å². The van der Waals surface area contributed by atoms with Gasteiger partial charge in [-0.15, -0.1) is 0 Å². The Balaban J connectivity index is 1.40. The van der Waals surface area contributed by atoms with E-state index in [1.54, 1.807) is 22.8 Å². The molecule has 4 aromatic heterocycles. The van der Waals surface area contributed by atoms with Gasteiger partial charge in [0.05, 0.1) is 76.7 Å². The van der Waals surface area contributed by atoms with Gasteiger partial charge in [-0.2, -0.15) is 10.4 Å². The minimum atomic E-state index is -1.68. The van der Waals surface area contributed by atoms with E-state index in [4.69, 9.17) is 4.74 Å². The van der Waals surface area contributed by atoms with Crippen LogP contribution in [0, 0.1) is 11.3 Å². The van der Waals surface area contributed by atoms with Gasteiger partial charge in [0.25, 0.3) is 5.91 Å². The van der Waals surface area contributed by atoms with Gasteiger partial charge >= 0.3 is 0 Å². The number of aliphatic hydroxyl groups is 1. The van der Waals surface area contributed by atoms with Crippen molar-refractivity contribution in [3.63, 3.8) is 0 Å². The lowest BCUT2D eigenvalue weighted by molar-refractivity contribution is -0.119. The van der Waals surface area contributed by atoms with Gasteiger partial charge in [0.15, 0.2) is 0 Å². The third kappa shape index (κ3) is 7.51. The molecule has 13 nitrogen and oxygen atoms in total. The predicted molar refractivity (Wildman–Crippen MR) is 165 cm³/mol. The van der Waals surface area contributed by atoms with Gasteiger partial charge in [-0.1, -0.05) is 0 Å². The third-order valence-electron chi connectivity index (χ3n) is 7.32. The molecule has 2 unspecified atom stereocenters. The van der Waals surface area contributed by atoms with E-state index in [1.807, 2.05) is 24.3 Å². The first-order valence-electron chi connectivity index (χ1n) is 14.4. The van der Waals surface area contributed by atoms with Crippen molar-refractivity contribution in [1.82, 2.24) is 30.2 Å². The lowest BCUT2D eigenvalue weighted by atomic mass is 10.0. The molecule has 1 fully saturated rings. The molecule has 14 heteroatoms. The van der Waals surface area contributed by atoms with Gasteiger partial charge in [0.1, 0.15) is 18.1 Å². The van der Waals surface area contributed by atoms with Crippen LogP contribution in [0.5, 0.6) is 0 Å². The number of fused-ring (bicyclic) bond motifs is 1. The van der Waals surface area contributed by atoms with Gasteiger partial charge < -0.3 is 30.7 Å². The van der Waals surface area contributed by atoms with Crippen LogP contribution in [0.3, 0.4) is 0 Å². The smallest absolute Gasteiger partial charge is 0.255 e. The number of nitrogens with one attached hydrogen (secondary N) is 3. The number of aromatic nitrogens is 4. The number of carbonyl (C=O) groups excluding carboxylic acids is 2. The molecule has 2 atom stereocenters. The Morgan fingerprint density at radius 1 is 1.18 bits per heavy atom. The highest BCUT2D eigenvalue weighted by atomic mass is 19.1. The lowest BCUT2D eigenvalue weighted by Crippen LogP contribution is -2.47. The molecule has 5 heterocycles. The van der Waals surface area contributed by atoms with Crippen molar-refractivity contribution in [2.24, 2.45) is 0 Å². The largest absolute Gasteiger partial charge is 0.387 e. The molecule has 45 heavy (non-hydrogen) atoms. The van der Waals surface area contributed by atoms with E-state index in [1.165, 1.54) is 33.2 Å². The Kier molecular flexibility index (Phi) is 9.21. The maximum atomic E-state index is 14.4. The first-order valence-corrected chi connectivity index (χ1v) is 14.4. The minimum Gasteiger partial charge on any atom is -0.387 e. The molecule has 0 bridgehead atoms. The van der Waals surface area contributed by atoms with Gasteiger partial charge in [0.2, 0.25) is 5.91 Å². The summed E-state index contributed by atoms with van der Waals surface area (Å²) in [4.78, 5) is 35.7. The number of carbonyl (C=O) groups is 2. The summed E-state index contributed by atoms with van der Waals surface area (Å²) in [5, 5.41) is 32.1. The van der Waals surface area contributed by atoms with Crippen LogP contribution in [0.15, 0.2) is 55.0 Å². The summed E-state index contributed by atoms with van der Waals surface area (Å²) >= 11 is 0. The first kappa shape index (κ1) is 31.3. The van der Waals surface area contributed by atoms with Crippen molar-refractivity contribution >= 4 is 34.5 Å². The summed E-state index contributed by atoms with van der Waals surface area (Å²) in [7, 11) is 0. The van der Waals surface area contributed by atoms with Gasteiger partial charge in [-0.3, -0.25) is 14.6 Å². The van der Waals surface area contributed by atoms with E-state index in [2.05, 4.69) is 42.0 Å². The molecule has 0 radical (unpaired) electrons. The van der Waals surface area contributed by atoms with E-state index < -0.39 is 24.2 Å². The van der Waals surface area contributed by atoms with E-state index in [-0.39, 0.29) is 17.6 Å². The molecule has 2 amide bonds. The number of amides is 2. The normalized spacial score (nSPS) is 15.7. The average molecular weight is 616 g/mol. The molecule has 4 N–H and O–H groups in total. The molecular formula is C31H34FN9O4. The fraction of sp³-hybridized carbons (Fsp3) is 0.355. The number of nitrogens with zero attached hydrogens (tertiary/aromatic N) is 6. The zero-order chi connectivity index (χ0) is 32.1. The molecule has 0 aliphatic carbocycles. The minimum absolute atomic E-state index is 0.118. The topological polar surface area (TPSA) is 170 Å². The summed E-state index contributed by atoms with van der Waals surface area (Å²) in [6.45, 7) is 5.85. The second-order valence-electron chi connectivity index (χ2n) is 11.3. The number of hydrogen-bond acceptors (Lipinski definition) is 10. The van der Waals surface area contributed by atoms with Gasteiger partial charge in [-0.25, -0.2) is 13.9 Å². The van der Waals surface area contributed by atoms with E-state index in [0.717, 1.165) is 5.82 Å². The fourth-order valence-electron chi connectivity index (χ4n) is 4.77. The quantitative estimate of drug-likeness (QED) is 0.208. The van der Waals surface area contributed by atoms with Crippen LogP contribution < -0.4 is 20.9 Å². The average Bonchev–Trinajstić information content (AvgIpc) is 3.46. The molecule has 1 aliphatic rings. The number of hydrogen-bond donors (Lipinski definition) is 4. The number of alkyl halides is 1. The highest BCUT2D eigenvalue weighted by molar-refractivity contribution is 6.00. The number of morpholine rings is 1. The van der Waals surface area contributed by atoms with E-state index >= 15 is 0 Å². The Morgan fingerprint density at radius 2 is 2.00 bits per heavy atom. The van der Waals surface area contributed by atoms with Crippen LogP contribution in [-0.4, -0.2) is 87.2 Å². The SMILES string of the molecule is CC(=O)NCC1CN(c2ccc(Nc3cc(-c4ccc5cc(C#N)cnn45)ncc3C(=O)NCC(F)C(C)(C)O)cn2)CCO1. The Bertz CT molecular complexity index is 1730. The number of halogens is 1. The highest BCUT2D eigenvalue weighted by Gasteiger charge is 2.27. The second kappa shape index (κ2) is 13.2. The highest BCUT2D eigenvalue weighted by Crippen LogP contribution is 2.28. The molecule has 1 saturated heterocycles. The number of pyridine rings is 2. The molecule has 0 spiro atoms. The van der Waals surface area contributed by atoms with Crippen LogP contribution in [0.25, 0.3) is 16.9 Å². The summed E-state index contributed by atoms with van der Waals surface area (Å²) in [6, 6.07) is 12.8. The molecule has 5 rings (SSSR count). The van der Waals surface area contributed by atoms with Crippen LogP contribution in [0.1, 0.15) is 36.7 Å². The van der Waals surface area contributed by atoms with Crippen molar-refractivity contribution in [3.8, 4) is 17.5 Å². The van der Waals surface area contributed by atoms with Gasteiger partial charge in [-0.05, 0) is 50.2 Å². The summed E-state index contributed by atoms with van der Waals surface area (Å²) in [6.07, 6.45) is 2.63.